The van der Waals surface area contributed by atoms with Gasteiger partial charge in [0.1, 0.15) is 11.7 Å². The first-order valence-electron chi connectivity index (χ1n) is 12.8. The average molecular weight is 482 g/mol. The Morgan fingerprint density at radius 2 is 1.94 bits per heavy atom. The largest absolute Gasteiger partial charge is 0.472 e. The summed E-state index contributed by atoms with van der Waals surface area (Å²) >= 11 is 0. The molecule has 190 valence electrons. The van der Waals surface area contributed by atoms with Gasteiger partial charge in [-0.3, -0.25) is 4.79 Å². The molecule has 35 heavy (non-hydrogen) atoms. The van der Waals surface area contributed by atoms with Gasteiger partial charge in [0, 0.05) is 50.5 Å². The van der Waals surface area contributed by atoms with E-state index in [9.17, 15) is 9.90 Å². The van der Waals surface area contributed by atoms with Crippen LogP contribution in [-0.2, 0) is 4.74 Å². The van der Waals surface area contributed by atoms with Crippen molar-refractivity contribution >= 4 is 5.91 Å². The Morgan fingerprint density at radius 1 is 1.20 bits per heavy atom. The summed E-state index contributed by atoms with van der Waals surface area (Å²) in [6, 6.07) is 9.68. The van der Waals surface area contributed by atoms with E-state index in [2.05, 4.69) is 36.8 Å². The lowest BCUT2D eigenvalue weighted by molar-refractivity contribution is 0.0254. The monoisotopic (exact) mass is 481 g/mol. The fourth-order valence-corrected chi connectivity index (χ4v) is 5.12. The second kappa shape index (κ2) is 11.5. The molecular formula is C28H39N3O4. The van der Waals surface area contributed by atoms with Crippen molar-refractivity contribution in [2.75, 3.05) is 46.5 Å². The predicted octanol–water partition coefficient (Wildman–Crippen LogP) is 3.64. The van der Waals surface area contributed by atoms with Crippen molar-refractivity contribution in [3.05, 3.63) is 47.7 Å². The Kier molecular flexibility index (Phi) is 8.42. The van der Waals surface area contributed by atoms with Gasteiger partial charge in [-0.15, -0.1) is 0 Å². The Hall–Kier alpha value is -2.48. The van der Waals surface area contributed by atoms with Gasteiger partial charge in [0.15, 0.2) is 0 Å². The molecule has 4 rings (SSSR count). The van der Waals surface area contributed by atoms with Crippen molar-refractivity contribution in [3.8, 4) is 17.0 Å². The second-order valence-corrected chi connectivity index (χ2v) is 10.3. The maximum absolute atomic E-state index is 13.7. The highest BCUT2D eigenvalue weighted by molar-refractivity contribution is 5.98. The number of aromatic nitrogens is 1. The van der Waals surface area contributed by atoms with E-state index < -0.39 is 0 Å². The fraction of sp³-hybridized carbons (Fsp3) is 0.571. The molecule has 0 bridgehead atoms. The quantitative estimate of drug-likeness (QED) is 0.651. The summed E-state index contributed by atoms with van der Waals surface area (Å²) in [5.74, 6) is 0.937. The highest BCUT2D eigenvalue weighted by atomic mass is 16.5. The minimum absolute atomic E-state index is 0.0797. The molecule has 1 aromatic carbocycles. The third kappa shape index (κ3) is 6.02. The molecule has 0 aliphatic carbocycles. The molecule has 2 aliphatic rings. The van der Waals surface area contributed by atoms with Gasteiger partial charge in [-0.1, -0.05) is 31.2 Å². The van der Waals surface area contributed by atoms with Gasteiger partial charge in [-0.05, 0) is 56.8 Å². The molecule has 7 nitrogen and oxygen atoms in total. The van der Waals surface area contributed by atoms with E-state index in [0.29, 0.717) is 23.9 Å². The lowest BCUT2D eigenvalue weighted by Crippen LogP contribution is -2.50. The predicted molar refractivity (Wildman–Crippen MR) is 137 cm³/mol. The topological polar surface area (TPSA) is 75.1 Å². The van der Waals surface area contributed by atoms with Gasteiger partial charge >= 0.3 is 0 Å². The summed E-state index contributed by atoms with van der Waals surface area (Å²) in [6.45, 7) is 9.90. The van der Waals surface area contributed by atoms with Crippen LogP contribution in [0.15, 0.2) is 36.5 Å². The van der Waals surface area contributed by atoms with Crippen molar-refractivity contribution in [2.45, 2.75) is 45.8 Å². The number of aliphatic hydroxyl groups is 1. The molecule has 0 saturated carbocycles. The van der Waals surface area contributed by atoms with Gasteiger partial charge < -0.3 is 24.4 Å². The third-order valence-electron chi connectivity index (χ3n) is 7.38. The maximum atomic E-state index is 13.7. The molecule has 2 aliphatic heterocycles. The number of carbonyl (C=O) groups excluding carboxylic acids is 1. The van der Waals surface area contributed by atoms with E-state index in [0.717, 1.165) is 55.8 Å². The summed E-state index contributed by atoms with van der Waals surface area (Å²) in [5.41, 5.74) is 3.50. The number of aryl methyl sites for hydroxylation is 1. The number of aliphatic hydroxyl groups excluding tert-OH is 1. The lowest BCUT2D eigenvalue weighted by atomic mass is 9.97. The van der Waals surface area contributed by atoms with Crippen LogP contribution in [0.5, 0.6) is 5.88 Å². The first-order valence-corrected chi connectivity index (χ1v) is 12.8. The van der Waals surface area contributed by atoms with E-state index in [1.54, 1.807) is 11.1 Å². The van der Waals surface area contributed by atoms with Crippen LogP contribution in [0, 0.1) is 18.8 Å². The first kappa shape index (κ1) is 25.6. The molecule has 7 heteroatoms. The Morgan fingerprint density at radius 3 is 2.66 bits per heavy atom. The summed E-state index contributed by atoms with van der Waals surface area (Å²) < 4.78 is 12.0. The smallest absolute Gasteiger partial charge is 0.259 e. The number of nitrogens with zero attached hydrogens (tertiary/aromatic N) is 3. The highest BCUT2D eigenvalue weighted by Crippen LogP contribution is 2.31. The zero-order valence-electron chi connectivity index (χ0n) is 21.4. The van der Waals surface area contributed by atoms with Gasteiger partial charge in [-0.2, -0.15) is 0 Å². The van der Waals surface area contributed by atoms with E-state index in [1.165, 1.54) is 0 Å². The number of hydrogen-bond acceptors (Lipinski definition) is 6. The van der Waals surface area contributed by atoms with Crippen LogP contribution < -0.4 is 4.74 Å². The summed E-state index contributed by atoms with van der Waals surface area (Å²) in [5, 5.41) is 9.90. The molecule has 1 fully saturated rings. The molecule has 1 saturated heterocycles. The third-order valence-corrected chi connectivity index (χ3v) is 7.38. The van der Waals surface area contributed by atoms with Crippen molar-refractivity contribution in [1.29, 1.82) is 0 Å². The molecule has 1 aromatic heterocycles. The summed E-state index contributed by atoms with van der Waals surface area (Å²) in [6.07, 6.45) is 3.85. The molecule has 3 atom stereocenters. The Bertz CT molecular complexity index is 1010. The molecule has 2 aromatic rings. The van der Waals surface area contributed by atoms with Gasteiger partial charge in [0.2, 0.25) is 5.88 Å². The zero-order valence-corrected chi connectivity index (χ0v) is 21.4. The van der Waals surface area contributed by atoms with Crippen LogP contribution in [0.1, 0.15) is 42.6 Å². The minimum Gasteiger partial charge on any atom is -0.472 e. The van der Waals surface area contributed by atoms with Crippen LogP contribution in [-0.4, -0.2) is 84.4 Å². The molecule has 0 unspecified atom stereocenters. The number of benzene rings is 1. The van der Waals surface area contributed by atoms with E-state index >= 15 is 0 Å². The summed E-state index contributed by atoms with van der Waals surface area (Å²) in [7, 11) is 2.14. The van der Waals surface area contributed by atoms with E-state index in [-0.39, 0.29) is 30.6 Å². The molecule has 0 radical (unpaired) electrons. The normalized spacial score (nSPS) is 22.3. The summed E-state index contributed by atoms with van der Waals surface area (Å²) in [4.78, 5) is 22.4. The molecule has 0 spiro atoms. The van der Waals surface area contributed by atoms with Crippen LogP contribution in [0.4, 0.5) is 0 Å². The van der Waals surface area contributed by atoms with Crippen molar-refractivity contribution < 1.29 is 19.4 Å². The Labute approximate surface area is 209 Å². The van der Waals surface area contributed by atoms with Crippen molar-refractivity contribution in [1.82, 2.24) is 14.8 Å². The number of ether oxygens (including phenoxy) is 2. The van der Waals surface area contributed by atoms with Crippen LogP contribution >= 0.6 is 0 Å². The second-order valence-electron chi connectivity index (χ2n) is 10.3. The SMILES string of the molecule is Cc1ccccc1-c1cnc2c(c1)C(=O)N([C@@H](C)CO)C[C@@H](C)[C@H](CN(C)CC1CCOCC1)O2. The van der Waals surface area contributed by atoms with E-state index in [4.69, 9.17) is 9.47 Å². The average Bonchev–Trinajstić information content (AvgIpc) is 2.86. The number of pyridine rings is 1. The van der Waals surface area contributed by atoms with Crippen LogP contribution in [0.2, 0.25) is 0 Å². The van der Waals surface area contributed by atoms with Gasteiger partial charge in [0.25, 0.3) is 5.91 Å². The molecule has 3 heterocycles. The van der Waals surface area contributed by atoms with Crippen LogP contribution in [0.3, 0.4) is 0 Å². The maximum Gasteiger partial charge on any atom is 0.259 e. The standard InChI is InChI=1S/C28H39N3O4/c1-19-7-5-6-8-24(19)23-13-25-27(29-14-23)35-26(17-30(4)16-22-9-11-34-12-10-22)20(2)15-31(28(25)33)21(3)18-32/h5-8,13-14,20-22,26,32H,9-12,15-18H2,1-4H3/t20-,21+,26+/m1/s1. The molecular weight excluding hydrogens is 442 g/mol. The number of carbonyl (C=O) groups is 1. The number of rotatable bonds is 7. The first-order chi connectivity index (χ1) is 16.9. The number of fused-ring (bicyclic) bond motifs is 1. The molecule has 1 amide bonds. The van der Waals surface area contributed by atoms with Crippen molar-refractivity contribution in [3.63, 3.8) is 0 Å². The number of hydrogen-bond donors (Lipinski definition) is 1. The van der Waals surface area contributed by atoms with Gasteiger partial charge in [0.05, 0.1) is 12.6 Å². The fourth-order valence-electron chi connectivity index (χ4n) is 5.12. The number of likely N-dealkylation sites (N-methyl/N-ethyl adjacent to an activating group) is 1. The lowest BCUT2D eigenvalue weighted by Gasteiger charge is -2.38. The molecule has 1 N–H and O–H groups in total. The minimum atomic E-state index is -0.293. The highest BCUT2D eigenvalue weighted by Gasteiger charge is 2.34. The van der Waals surface area contributed by atoms with Crippen molar-refractivity contribution in [2.24, 2.45) is 11.8 Å². The Balaban J connectivity index is 1.63. The number of amides is 1. The van der Waals surface area contributed by atoms with Gasteiger partial charge in [-0.25, -0.2) is 4.98 Å². The van der Waals surface area contributed by atoms with Crippen LogP contribution in [0.25, 0.3) is 11.1 Å². The zero-order chi connectivity index (χ0) is 24.9. The van der Waals surface area contributed by atoms with E-state index in [1.807, 2.05) is 31.2 Å².